The lowest BCUT2D eigenvalue weighted by Gasteiger charge is -2.36. The van der Waals surface area contributed by atoms with E-state index in [-0.39, 0.29) is 12.0 Å². The molecular formula is C17H25N5O3. The van der Waals surface area contributed by atoms with Crippen LogP contribution in [-0.2, 0) is 14.3 Å². The maximum Gasteiger partial charge on any atom is 0.251 e. The molecule has 3 fully saturated rings. The molecule has 1 aromatic heterocycles. The summed E-state index contributed by atoms with van der Waals surface area (Å²) in [5.41, 5.74) is 1.09. The number of aromatic nitrogens is 2. The molecule has 136 valence electrons. The third kappa shape index (κ3) is 3.69. The average Bonchev–Trinajstić information content (AvgIpc) is 3.23. The molecule has 3 saturated heterocycles. The molecule has 1 amide bonds. The zero-order chi connectivity index (χ0) is 17.1. The van der Waals surface area contributed by atoms with Gasteiger partial charge in [-0.25, -0.2) is 0 Å². The van der Waals surface area contributed by atoms with Crippen molar-refractivity contribution in [2.24, 2.45) is 0 Å². The smallest absolute Gasteiger partial charge is 0.251 e. The predicted octanol–water partition coefficient (Wildman–Crippen LogP) is 0.141. The normalized spacial score (nSPS) is 24.6. The fourth-order valence-corrected chi connectivity index (χ4v) is 3.63. The van der Waals surface area contributed by atoms with E-state index < -0.39 is 0 Å². The van der Waals surface area contributed by atoms with Gasteiger partial charge in [-0.15, -0.1) is 5.10 Å². The fourth-order valence-electron chi connectivity index (χ4n) is 3.63. The highest BCUT2D eigenvalue weighted by molar-refractivity contribution is 5.81. The number of carbonyl (C=O) groups is 1. The summed E-state index contributed by atoms with van der Waals surface area (Å²) in [5.74, 6) is 1.03. The molecule has 0 spiro atoms. The van der Waals surface area contributed by atoms with Gasteiger partial charge in [0.05, 0.1) is 25.1 Å². The van der Waals surface area contributed by atoms with Crippen molar-refractivity contribution in [2.75, 3.05) is 68.9 Å². The second-order valence-electron chi connectivity index (χ2n) is 6.69. The molecule has 3 aliphatic rings. The monoisotopic (exact) mass is 347 g/mol. The molecule has 0 radical (unpaired) electrons. The number of hydrogen-bond acceptors (Lipinski definition) is 7. The summed E-state index contributed by atoms with van der Waals surface area (Å²) in [6.07, 6.45) is 3.43. The number of anilines is 2. The maximum absolute atomic E-state index is 12.4. The molecule has 3 aliphatic heterocycles. The van der Waals surface area contributed by atoms with E-state index in [1.165, 1.54) is 0 Å². The highest BCUT2D eigenvalue weighted by Gasteiger charge is 2.30. The van der Waals surface area contributed by atoms with Crippen LogP contribution in [0, 0.1) is 0 Å². The Bertz CT molecular complexity index is 594. The summed E-state index contributed by atoms with van der Waals surface area (Å²) in [4.78, 5) is 18.8. The Labute approximate surface area is 147 Å². The van der Waals surface area contributed by atoms with E-state index in [4.69, 9.17) is 9.47 Å². The van der Waals surface area contributed by atoms with Gasteiger partial charge in [-0.3, -0.25) is 4.79 Å². The lowest BCUT2D eigenvalue weighted by Crippen LogP contribution is -2.51. The van der Waals surface area contributed by atoms with Gasteiger partial charge in [0.2, 0.25) is 0 Å². The second-order valence-corrected chi connectivity index (χ2v) is 6.69. The number of carbonyl (C=O) groups excluding carboxylic acids is 1. The van der Waals surface area contributed by atoms with Crippen molar-refractivity contribution in [1.29, 1.82) is 0 Å². The highest BCUT2D eigenvalue weighted by Crippen LogP contribution is 2.22. The molecule has 0 aliphatic carbocycles. The largest absolute Gasteiger partial charge is 0.378 e. The first kappa shape index (κ1) is 16.5. The predicted molar refractivity (Wildman–Crippen MR) is 92.8 cm³/mol. The number of hydrogen-bond donors (Lipinski definition) is 0. The number of piperazine rings is 1. The number of rotatable bonds is 3. The van der Waals surface area contributed by atoms with E-state index in [1.54, 1.807) is 0 Å². The fraction of sp³-hybridized carbons (Fsp3) is 0.706. The minimum atomic E-state index is -0.226. The van der Waals surface area contributed by atoms with Gasteiger partial charge in [-0.2, -0.15) is 5.10 Å². The van der Waals surface area contributed by atoms with Gasteiger partial charge in [0, 0.05) is 51.9 Å². The van der Waals surface area contributed by atoms with Gasteiger partial charge in [0.15, 0.2) is 5.82 Å². The van der Waals surface area contributed by atoms with Crippen molar-refractivity contribution in [3.8, 4) is 0 Å². The summed E-state index contributed by atoms with van der Waals surface area (Å²) < 4.78 is 10.9. The molecule has 8 heteroatoms. The SMILES string of the molecule is O=C([C@@H]1CCCO1)N1CCN(c2cc(N3CCOCC3)cnn2)CC1. The quantitative estimate of drug-likeness (QED) is 0.770. The summed E-state index contributed by atoms with van der Waals surface area (Å²) in [6, 6.07) is 2.09. The first-order valence-electron chi connectivity index (χ1n) is 9.12. The van der Waals surface area contributed by atoms with Crippen LogP contribution in [0.2, 0.25) is 0 Å². The molecule has 1 aromatic rings. The Morgan fingerprint density at radius 2 is 1.84 bits per heavy atom. The molecule has 25 heavy (non-hydrogen) atoms. The molecule has 4 heterocycles. The van der Waals surface area contributed by atoms with Crippen LogP contribution in [-0.4, -0.2) is 86.2 Å². The van der Waals surface area contributed by atoms with Crippen molar-refractivity contribution in [2.45, 2.75) is 18.9 Å². The lowest BCUT2D eigenvalue weighted by molar-refractivity contribution is -0.141. The van der Waals surface area contributed by atoms with Gasteiger partial charge in [0.25, 0.3) is 5.91 Å². The van der Waals surface area contributed by atoms with Crippen LogP contribution in [0.25, 0.3) is 0 Å². The molecule has 0 unspecified atom stereocenters. The average molecular weight is 347 g/mol. The maximum atomic E-state index is 12.4. The van der Waals surface area contributed by atoms with Crippen molar-refractivity contribution in [3.05, 3.63) is 12.3 Å². The van der Waals surface area contributed by atoms with Gasteiger partial charge in [-0.05, 0) is 12.8 Å². The minimum absolute atomic E-state index is 0.144. The van der Waals surface area contributed by atoms with Crippen molar-refractivity contribution >= 4 is 17.4 Å². The highest BCUT2D eigenvalue weighted by atomic mass is 16.5. The summed E-state index contributed by atoms with van der Waals surface area (Å²) in [7, 11) is 0. The van der Waals surface area contributed by atoms with Crippen LogP contribution in [0.15, 0.2) is 12.3 Å². The standard InChI is InChI=1S/C17H25N5O3/c23-17(15-2-1-9-25-15)22-5-3-21(4-6-22)16-12-14(13-18-19-16)20-7-10-24-11-8-20/h12-13,15H,1-11H2/t15-/m0/s1. The number of amides is 1. The Balaban J connectivity index is 1.36. The zero-order valence-electron chi connectivity index (χ0n) is 14.5. The third-order valence-electron chi connectivity index (χ3n) is 5.12. The van der Waals surface area contributed by atoms with Crippen LogP contribution in [0.1, 0.15) is 12.8 Å². The van der Waals surface area contributed by atoms with E-state index in [0.717, 1.165) is 63.7 Å². The molecular weight excluding hydrogens is 322 g/mol. The second kappa shape index (κ2) is 7.53. The van der Waals surface area contributed by atoms with E-state index in [0.29, 0.717) is 19.7 Å². The Morgan fingerprint density at radius 3 is 2.56 bits per heavy atom. The lowest BCUT2D eigenvalue weighted by atomic mass is 10.2. The van der Waals surface area contributed by atoms with E-state index in [2.05, 4.69) is 26.1 Å². The summed E-state index contributed by atoms with van der Waals surface area (Å²) in [6.45, 7) is 6.96. The molecule has 1 atom stereocenters. The van der Waals surface area contributed by atoms with Gasteiger partial charge >= 0.3 is 0 Å². The van der Waals surface area contributed by atoms with E-state index in [9.17, 15) is 4.79 Å². The Morgan fingerprint density at radius 1 is 1.04 bits per heavy atom. The summed E-state index contributed by atoms with van der Waals surface area (Å²) in [5, 5.41) is 8.47. The van der Waals surface area contributed by atoms with Crippen molar-refractivity contribution < 1.29 is 14.3 Å². The molecule has 0 N–H and O–H groups in total. The molecule has 0 saturated carbocycles. The first-order chi connectivity index (χ1) is 12.3. The molecule has 4 rings (SSSR count). The van der Waals surface area contributed by atoms with Crippen LogP contribution in [0.4, 0.5) is 11.5 Å². The number of nitrogens with zero attached hydrogens (tertiary/aromatic N) is 5. The Hall–Kier alpha value is -1.93. The van der Waals surface area contributed by atoms with Gasteiger partial charge < -0.3 is 24.2 Å². The van der Waals surface area contributed by atoms with Crippen LogP contribution in [0.3, 0.4) is 0 Å². The number of morpholine rings is 1. The zero-order valence-corrected chi connectivity index (χ0v) is 14.5. The van der Waals surface area contributed by atoms with Crippen LogP contribution >= 0.6 is 0 Å². The van der Waals surface area contributed by atoms with Crippen LogP contribution < -0.4 is 9.80 Å². The first-order valence-corrected chi connectivity index (χ1v) is 9.12. The number of ether oxygens (including phenoxy) is 2. The van der Waals surface area contributed by atoms with Crippen molar-refractivity contribution in [1.82, 2.24) is 15.1 Å². The van der Waals surface area contributed by atoms with E-state index >= 15 is 0 Å². The minimum Gasteiger partial charge on any atom is -0.378 e. The van der Waals surface area contributed by atoms with Gasteiger partial charge in [-0.1, -0.05) is 0 Å². The summed E-state index contributed by atoms with van der Waals surface area (Å²) >= 11 is 0. The third-order valence-corrected chi connectivity index (χ3v) is 5.12. The van der Waals surface area contributed by atoms with E-state index in [1.807, 2.05) is 11.1 Å². The molecule has 8 nitrogen and oxygen atoms in total. The van der Waals surface area contributed by atoms with Crippen molar-refractivity contribution in [3.63, 3.8) is 0 Å². The van der Waals surface area contributed by atoms with Crippen LogP contribution in [0.5, 0.6) is 0 Å². The Kier molecular flexibility index (Phi) is 4.98. The molecule has 0 aromatic carbocycles. The topological polar surface area (TPSA) is 71.0 Å². The molecule has 0 bridgehead atoms. The van der Waals surface area contributed by atoms with Gasteiger partial charge in [0.1, 0.15) is 6.10 Å².